The molecule has 0 aliphatic carbocycles. The zero-order valence-electron chi connectivity index (χ0n) is 16.1. The lowest BCUT2D eigenvalue weighted by Crippen LogP contribution is -2.30. The van der Waals surface area contributed by atoms with Crippen LogP contribution in [0.25, 0.3) is 0 Å². The van der Waals surface area contributed by atoms with E-state index < -0.39 is 23.9 Å². The van der Waals surface area contributed by atoms with E-state index in [1.54, 1.807) is 0 Å². The van der Waals surface area contributed by atoms with E-state index >= 15 is 0 Å². The lowest BCUT2D eigenvalue weighted by atomic mass is 10.1. The van der Waals surface area contributed by atoms with Gasteiger partial charge in [-0.3, -0.25) is 14.4 Å². The van der Waals surface area contributed by atoms with Crippen molar-refractivity contribution in [2.75, 3.05) is 0 Å². The molecule has 0 saturated carbocycles. The molecule has 0 radical (unpaired) electrons. The second kappa shape index (κ2) is 19.7. The molecule has 0 aliphatic heterocycles. The Morgan fingerprint density at radius 2 is 1.08 bits per heavy atom. The summed E-state index contributed by atoms with van der Waals surface area (Å²) in [7, 11) is 0. The van der Waals surface area contributed by atoms with Gasteiger partial charge in [0.05, 0.1) is 0 Å². The predicted molar refractivity (Wildman–Crippen MR) is 101 cm³/mol. The molecule has 0 fully saturated rings. The van der Waals surface area contributed by atoms with Gasteiger partial charge < -0.3 is 21.1 Å². The Balaban J connectivity index is 0. The molecule has 1 atom stereocenters. The number of hydrogen-bond donors (Lipinski definition) is 4. The summed E-state index contributed by atoms with van der Waals surface area (Å²) < 4.78 is 0. The van der Waals surface area contributed by atoms with Gasteiger partial charge >= 0.3 is 17.9 Å². The van der Waals surface area contributed by atoms with Crippen LogP contribution in [0.3, 0.4) is 0 Å². The van der Waals surface area contributed by atoms with Crippen LogP contribution < -0.4 is 5.73 Å². The van der Waals surface area contributed by atoms with Gasteiger partial charge in [0.25, 0.3) is 0 Å². The third-order valence-electron chi connectivity index (χ3n) is 3.98. The molecule has 7 heteroatoms. The maximum Gasteiger partial charge on any atom is 0.320 e. The molecule has 0 spiro atoms. The van der Waals surface area contributed by atoms with E-state index in [0.29, 0.717) is 6.42 Å². The first kappa shape index (κ1) is 26.6. The predicted octanol–water partition coefficient (Wildman–Crippen LogP) is 4.04. The van der Waals surface area contributed by atoms with Crippen molar-refractivity contribution in [2.24, 2.45) is 5.73 Å². The summed E-state index contributed by atoms with van der Waals surface area (Å²) >= 11 is 0. The van der Waals surface area contributed by atoms with Crippen molar-refractivity contribution in [1.82, 2.24) is 0 Å². The van der Waals surface area contributed by atoms with Crippen LogP contribution in [0.5, 0.6) is 0 Å². The average molecular weight is 376 g/mol. The summed E-state index contributed by atoms with van der Waals surface area (Å²) in [5.41, 5.74) is 5.00. The molecule has 0 unspecified atom stereocenters. The van der Waals surface area contributed by atoms with Crippen molar-refractivity contribution in [3.05, 3.63) is 0 Å². The zero-order chi connectivity index (χ0) is 20.2. The van der Waals surface area contributed by atoms with Crippen LogP contribution >= 0.6 is 0 Å². The minimum Gasteiger partial charge on any atom is -0.481 e. The minimum absolute atomic E-state index is 0.0231. The van der Waals surface area contributed by atoms with Crippen LogP contribution in [0.1, 0.15) is 96.8 Å². The highest BCUT2D eigenvalue weighted by Gasteiger charge is 2.12. The molecule has 26 heavy (non-hydrogen) atoms. The van der Waals surface area contributed by atoms with Crippen molar-refractivity contribution in [3.8, 4) is 0 Å². The van der Waals surface area contributed by atoms with Gasteiger partial charge in [-0.15, -0.1) is 0 Å². The third-order valence-corrected chi connectivity index (χ3v) is 3.98. The van der Waals surface area contributed by atoms with E-state index in [1.807, 2.05) is 0 Å². The van der Waals surface area contributed by atoms with Crippen molar-refractivity contribution in [1.29, 1.82) is 0 Å². The summed E-state index contributed by atoms with van der Waals surface area (Å²) in [6.45, 7) is 2.25. The van der Waals surface area contributed by atoms with Crippen LogP contribution in [0.2, 0.25) is 0 Å². The fraction of sp³-hybridized carbons (Fsp3) is 0.842. The summed E-state index contributed by atoms with van der Waals surface area (Å²) in [6.07, 6.45) is 14.1. The zero-order valence-corrected chi connectivity index (χ0v) is 16.1. The Labute approximate surface area is 157 Å². The normalized spacial score (nSPS) is 11.3. The van der Waals surface area contributed by atoms with Gasteiger partial charge in [0, 0.05) is 12.8 Å². The molecule has 7 nitrogen and oxygen atoms in total. The van der Waals surface area contributed by atoms with Crippen LogP contribution in [0.4, 0.5) is 0 Å². The number of carboxylic acid groups (broad SMARTS) is 3. The lowest BCUT2D eigenvalue weighted by Gasteiger charge is -2.01. The van der Waals surface area contributed by atoms with Gasteiger partial charge in [0.1, 0.15) is 6.04 Å². The highest BCUT2D eigenvalue weighted by molar-refractivity contribution is 5.74. The maximum atomic E-state index is 10.3. The largest absolute Gasteiger partial charge is 0.481 e. The fourth-order valence-electron chi connectivity index (χ4n) is 2.34. The number of aliphatic carboxylic acids is 3. The van der Waals surface area contributed by atoms with E-state index in [-0.39, 0.29) is 12.8 Å². The Morgan fingerprint density at radius 3 is 1.42 bits per heavy atom. The summed E-state index contributed by atoms with van der Waals surface area (Å²) in [5.74, 6) is -2.85. The summed E-state index contributed by atoms with van der Waals surface area (Å²) in [5, 5.41) is 24.7. The van der Waals surface area contributed by atoms with Gasteiger partial charge in [-0.05, 0) is 12.8 Å². The number of unbranched alkanes of at least 4 members (excludes halogenated alkanes) is 10. The number of hydrogen-bond acceptors (Lipinski definition) is 4. The van der Waals surface area contributed by atoms with E-state index in [1.165, 1.54) is 57.8 Å². The quantitative estimate of drug-likeness (QED) is 0.299. The smallest absolute Gasteiger partial charge is 0.320 e. The van der Waals surface area contributed by atoms with Gasteiger partial charge in [0.15, 0.2) is 0 Å². The molecule has 0 heterocycles. The first-order chi connectivity index (χ1) is 12.3. The number of carboxylic acids is 3. The molecular weight excluding hydrogens is 338 g/mol. The van der Waals surface area contributed by atoms with Crippen LogP contribution in [-0.4, -0.2) is 39.3 Å². The van der Waals surface area contributed by atoms with Gasteiger partial charge in [-0.2, -0.15) is 0 Å². The standard InChI is InChI=1S/C14H28O2.C5H9NO4/c1-2-3-4-5-6-7-8-9-10-11-12-13-14(15)16;6-3(5(9)10)1-2-4(7)8/h2-13H2,1H3,(H,15,16);3H,1-2,6H2,(H,7,8)(H,9,10)/t;3-/m.0/s1. The number of nitrogens with two attached hydrogens (primary N) is 1. The highest BCUT2D eigenvalue weighted by atomic mass is 16.4. The topological polar surface area (TPSA) is 138 Å². The van der Waals surface area contributed by atoms with Gasteiger partial charge in [0.2, 0.25) is 0 Å². The molecular formula is C19H37NO6. The monoisotopic (exact) mass is 375 g/mol. The Kier molecular flexibility index (Phi) is 20.1. The molecule has 5 N–H and O–H groups in total. The molecule has 0 saturated heterocycles. The van der Waals surface area contributed by atoms with E-state index in [4.69, 9.17) is 21.1 Å². The van der Waals surface area contributed by atoms with Crippen LogP contribution in [0, 0.1) is 0 Å². The lowest BCUT2D eigenvalue weighted by molar-refractivity contribution is -0.140. The molecule has 0 aromatic rings. The Bertz CT molecular complexity index is 373. The number of carbonyl (C=O) groups is 3. The van der Waals surface area contributed by atoms with E-state index in [0.717, 1.165) is 12.8 Å². The van der Waals surface area contributed by atoms with Crippen LogP contribution in [-0.2, 0) is 14.4 Å². The molecule has 0 bridgehead atoms. The first-order valence-corrected chi connectivity index (χ1v) is 9.73. The first-order valence-electron chi connectivity index (χ1n) is 9.73. The molecule has 0 amide bonds. The second-order valence-electron chi connectivity index (χ2n) is 6.56. The summed E-state index contributed by atoms with van der Waals surface area (Å²) in [4.78, 5) is 30.1. The van der Waals surface area contributed by atoms with Crippen molar-refractivity contribution in [3.63, 3.8) is 0 Å². The average Bonchev–Trinajstić information content (AvgIpc) is 2.57. The SMILES string of the molecule is CCCCCCCCCCCCCC(=O)O.N[C@@H](CCC(=O)O)C(=O)O. The summed E-state index contributed by atoms with van der Waals surface area (Å²) in [6, 6.07) is -1.06. The number of rotatable bonds is 16. The van der Waals surface area contributed by atoms with Crippen molar-refractivity contribution < 1.29 is 29.7 Å². The Morgan fingerprint density at radius 1 is 0.692 bits per heavy atom. The molecule has 0 aromatic heterocycles. The van der Waals surface area contributed by atoms with Gasteiger partial charge in [-0.1, -0.05) is 71.1 Å². The van der Waals surface area contributed by atoms with Crippen molar-refractivity contribution >= 4 is 17.9 Å². The fourth-order valence-corrected chi connectivity index (χ4v) is 2.34. The van der Waals surface area contributed by atoms with Crippen molar-refractivity contribution in [2.45, 2.75) is 103 Å². The third kappa shape index (κ3) is 24.6. The maximum absolute atomic E-state index is 10.3. The minimum atomic E-state index is -1.17. The highest BCUT2D eigenvalue weighted by Crippen LogP contribution is 2.11. The van der Waals surface area contributed by atoms with E-state index in [9.17, 15) is 14.4 Å². The van der Waals surface area contributed by atoms with E-state index in [2.05, 4.69) is 6.92 Å². The molecule has 154 valence electrons. The molecule has 0 aliphatic rings. The molecule has 0 aromatic carbocycles. The molecule has 0 rings (SSSR count). The Hall–Kier alpha value is -1.63. The van der Waals surface area contributed by atoms with Crippen LogP contribution in [0.15, 0.2) is 0 Å². The second-order valence-corrected chi connectivity index (χ2v) is 6.56. The van der Waals surface area contributed by atoms with Gasteiger partial charge in [-0.25, -0.2) is 0 Å².